The van der Waals surface area contributed by atoms with Crippen LogP contribution in [0.25, 0.3) is 16.7 Å². The van der Waals surface area contributed by atoms with E-state index in [0.717, 1.165) is 41.5 Å². The molecule has 8 heteroatoms. The molecular weight excluding hydrogens is 400 g/mol. The van der Waals surface area contributed by atoms with E-state index in [0.29, 0.717) is 22.2 Å². The second-order valence-corrected chi connectivity index (χ2v) is 8.34. The van der Waals surface area contributed by atoms with E-state index in [-0.39, 0.29) is 5.63 Å². The smallest absolute Gasteiger partial charge is 0.336 e. The van der Waals surface area contributed by atoms with Crippen molar-refractivity contribution in [3.8, 4) is 11.4 Å². The molecule has 2 aromatic heterocycles. The highest BCUT2D eigenvalue weighted by Gasteiger charge is 2.17. The fourth-order valence-corrected chi connectivity index (χ4v) is 4.82. The van der Waals surface area contributed by atoms with Gasteiger partial charge in [-0.1, -0.05) is 17.8 Å². The predicted octanol–water partition coefficient (Wildman–Crippen LogP) is 3.87. The maximum absolute atomic E-state index is 12.1. The van der Waals surface area contributed by atoms with Gasteiger partial charge in [0.1, 0.15) is 17.0 Å². The van der Waals surface area contributed by atoms with Gasteiger partial charge in [0.05, 0.1) is 7.11 Å². The average molecular weight is 420 g/mol. The highest BCUT2D eigenvalue weighted by atomic mass is 32.2. The van der Waals surface area contributed by atoms with Crippen molar-refractivity contribution >= 4 is 22.7 Å². The van der Waals surface area contributed by atoms with Gasteiger partial charge in [0.25, 0.3) is 0 Å². The Morgan fingerprint density at radius 1 is 1.17 bits per heavy atom. The zero-order valence-electron chi connectivity index (χ0n) is 16.7. The monoisotopic (exact) mass is 420 g/mol. The Balaban J connectivity index is 1.50. The number of aromatic nitrogens is 4. The minimum atomic E-state index is -0.337. The minimum absolute atomic E-state index is 0.337. The second-order valence-electron chi connectivity index (χ2n) is 7.40. The normalized spacial score (nSPS) is 13.0. The Labute approximate surface area is 177 Å². The standard InChI is InChI=1S/C22H20N4O3S/c1-13-6-7-19(28-2)18(8-13)26-22(23-24-25-26)30-12-16-11-21(27)29-20-10-15-5-3-4-14(15)9-17(16)20/h6-11H,3-5,12H2,1-2H3. The largest absolute Gasteiger partial charge is 0.494 e. The summed E-state index contributed by atoms with van der Waals surface area (Å²) in [7, 11) is 1.62. The third kappa shape index (κ3) is 3.37. The molecule has 152 valence electrons. The summed E-state index contributed by atoms with van der Waals surface area (Å²) in [6.45, 7) is 2.01. The Morgan fingerprint density at radius 3 is 2.83 bits per heavy atom. The van der Waals surface area contributed by atoms with Gasteiger partial charge in [-0.2, -0.15) is 4.68 Å². The molecule has 30 heavy (non-hydrogen) atoms. The third-order valence-corrected chi connectivity index (χ3v) is 6.37. The first-order valence-electron chi connectivity index (χ1n) is 9.77. The van der Waals surface area contributed by atoms with E-state index in [9.17, 15) is 4.79 Å². The van der Waals surface area contributed by atoms with Crippen molar-refractivity contribution in [3.05, 3.63) is 69.1 Å². The van der Waals surface area contributed by atoms with E-state index in [1.807, 2.05) is 31.2 Å². The Kier molecular flexibility index (Phi) is 4.78. The molecule has 0 bridgehead atoms. The molecule has 1 aliphatic carbocycles. The van der Waals surface area contributed by atoms with Gasteiger partial charge in [-0.05, 0) is 83.1 Å². The van der Waals surface area contributed by atoms with Crippen LogP contribution in [0.3, 0.4) is 0 Å². The Bertz CT molecular complexity index is 1310. The van der Waals surface area contributed by atoms with Crippen molar-refractivity contribution < 1.29 is 9.15 Å². The second kappa shape index (κ2) is 7.60. The number of hydrogen-bond donors (Lipinski definition) is 0. The number of nitrogens with zero attached hydrogens (tertiary/aromatic N) is 4. The molecular formula is C22H20N4O3S. The number of ether oxygens (including phenoxy) is 1. The van der Waals surface area contributed by atoms with E-state index >= 15 is 0 Å². The fourth-order valence-electron chi connectivity index (χ4n) is 3.94. The van der Waals surface area contributed by atoms with Crippen LogP contribution in [0.2, 0.25) is 0 Å². The Hall–Kier alpha value is -3.13. The molecule has 4 aromatic rings. The maximum Gasteiger partial charge on any atom is 0.336 e. The van der Waals surface area contributed by atoms with Crippen molar-refractivity contribution in [2.24, 2.45) is 0 Å². The number of rotatable bonds is 5. The van der Waals surface area contributed by atoms with Crippen molar-refractivity contribution in [3.63, 3.8) is 0 Å². The zero-order valence-corrected chi connectivity index (χ0v) is 17.5. The number of tetrazole rings is 1. The number of hydrogen-bond acceptors (Lipinski definition) is 7. The van der Waals surface area contributed by atoms with E-state index < -0.39 is 0 Å². The molecule has 7 nitrogen and oxygen atoms in total. The molecule has 1 aliphatic rings. The van der Waals surface area contributed by atoms with Gasteiger partial charge in [-0.15, -0.1) is 5.10 Å². The van der Waals surface area contributed by atoms with Gasteiger partial charge in [0.2, 0.25) is 5.16 Å². The molecule has 0 fully saturated rings. The quantitative estimate of drug-likeness (QED) is 0.358. The molecule has 0 unspecified atom stereocenters. The molecule has 0 spiro atoms. The van der Waals surface area contributed by atoms with Crippen molar-refractivity contribution in [1.29, 1.82) is 0 Å². The highest BCUT2D eigenvalue weighted by molar-refractivity contribution is 7.98. The van der Waals surface area contributed by atoms with Crippen LogP contribution in [0, 0.1) is 6.92 Å². The lowest BCUT2D eigenvalue weighted by Crippen LogP contribution is -2.04. The topological polar surface area (TPSA) is 83.0 Å². The van der Waals surface area contributed by atoms with Crippen LogP contribution in [0.15, 0.2) is 50.8 Å². The molecule has 0 atom stereocenters. The summed E-state index contributed by atoms with van der Waals surface area (Å²) in [5.41, 5.74) is 5.72. The first-order valence-corrected chi connectivity index (χ1v) is 10.8. The summed E-state index contributed by atoms with van der Waals surface area (Å²) in [5, 5.41) is 13.8. The first-order chi connectivity index (χ1) is 14.6. The van der Waals surface area contributed by atoms with Crippen LogP contribution in [0.4, 0.5) is 0 Å². The Morgan fingerprint density at radius 2 is 2.00 bits per heavy atom. The van der Waals surface area contributed by atoms with Crippen molar-refractivity contribution in [1.82, 2.24) is 20.2 Å². The first kappa shape index (κ1) is 18.9. The van der Waals surface area contributed by atoms with Crippen molar-refractivity contribution in [2.45, 2.75) is 37.1 Å². The highest BCUT2D eigenvalue weighted by Crippen LogP contribution is 2.32. The molecule has 2 aromatic carbocycles. The molecule has 0 radical (unpaired) electrons. The summed E-state index contributed by atoms with van der Waals surface area (Å²) in [6.07, 6.45) is 3.26. The third-order valence-electron chi connectivity index (χ3n) is 5.40. The molecule has 0 N–H and O–H groups in total. The van der Waals surface area contributed by atoms with Gasteiger partial charge >= 0.3 is 5.63 Å². The summed E-state index contributed by atoms with van der Waals surface area (Å²) >= 11 is 1.47. The van der Waals surface area contributed by atoms with E-state index in [4.69, 9.17) is 9.15 Å². The molecule has 0 saturated heterocycles. The van der Waals surface area contributed by atoms with Crippen LogP contribution in [0.5, 0.6) is 5.75 Å². The van der Waals surface area contributed by atoms with E-state index in [1.54, 1.807) is 17.9 Å². The number of fused-ring (bicyclic) bond motifs is 2. The SMILES string of the molecule is COc1ccc(C)cc1-n1nnnc1SCc1cc(=O)oc2cc3c(cc12)CCC3. The number of benzene rings is 2. The minimum Gasteiger partial charge on any atom is -0.494 e. The molecule has 0 saturated carbocycles. The summed E-state index contributed by atoms with van der Waals surface area (Å²) in [4.78, 5) is 12.1. The van der Waals surface area contributed by atoms with Crippen LogP contribution >= 0.6 is 11.8 Å². The number of methoxy groups -OCH3 is 1. The van der Waals surface area contributed by atoms with E-state index in [1.165, 1.54) is 22.9 Å². The van der Waals surface area contributed by atoms with Gasteiger partial charge in [-0.25, -0.2) is 4.79 Å². The van der Waals surface area contributed by atoms with Crippen LogP contribution in [-0.2, 0) is 18.6 Å². The van der Waals surface area contributed by atoms with Gasteiger partial charge in [-0.3, -0.25) is 0 Å². The maximum atomic E-state index is 12.1. The predicted molar refractivity (Wildman–Crippen MR) is 115 cm³/mol. The van der Waals surface area contributed by atoms with E-state index in [2.05, 4.69) is 21.6 Å². The fraction of sp³-hybridized carbons (Fsp3) is 0.273. The molecule has 2 heterocycles. The zero-order chi connectivity index (χ0) is 20.7. The van der Waals surface area contributed by atoms with Gasteiger partial charge < -0.3 is 9.15 Å². The van der Waals surface area contributed by atoms with Crippen LogP contribution in [-0.4, -0.2) is 27.3 Å². The lowest BCUT2D eigenvalue weighted by molar-refractivity contribution is 0.410. The summed E-state index contributed by atoms with van der Waals surface area (Å²) in [6, 6.07) is 11.6. The average Bonchev–Trinajstić information content (AvgIpc) is 3.39. The summed E-state index contributed by atoms with van der Waals surface area (Å²) in [5.74, 6) is 1.24. The molecule has 0 aliphatic heterocycles. The van der Waals surface area contributed by atoms with Crippen LogP contribution < -0.4 is 10.4 Å². The number of thioether (sulfide) groups is 1. The molecule has 5 rings (SSSR count). The lowest BCUT2D eigenvalue weighted by atomic mass is 10.0. The molecule has 0 amide bonds. The van der Waals surface area contributed by atoms with Crippen LogP contribution in [0.1, 0.15) is 28.7 Å². The lowest BCUT2D eigenvalue weighted by Gasteiger charge is -2.11. The van der Waals surface area contributed by atoms with Gasteiger partial charge in [0.15, 0.2) is 0 Å². The van der Waals surface area contributed by atoms with Gasteiger partial charge in [0, 0.05) is 17.2 Å². The summed E-state index contributed by atoms with van der Waals surface area (Å²) < 4.78 is 12.6. The van der Waals surface area contributed by atoms with Crippen molar-refractivity contribution in [2.75, 3.05) is 7.11 Å². The number of aryl methyl sites for hydroxylation is 3.